The molecule has 0 N–H and O–H groups in total. The minimum absolute atomic E-state index is 0. The lowest BCUT2D eigenvalue weighted by atomic mass is 10.0. The van der Waals surface area contributed by atoms with Gasteiger partial charge in [0.2, 0.25) is 5.69 Å². The van der Waals surface area contributed by atoms with E-state index in [-0.39, 0.29) is 17.0 Å². The van der Waals surface area contributed by atoms with Crippen molar-refractivity contribution >= 4 is 26.8 Å². The summed E-state index contributed by atoms with van der Waals surface area (Å²) in [4.78, 5) is 1.63. The van der Waals surface area contributed by atoms with Gasteiger partial charge in [-0.2, -0.15) is 0 Å². The number of nitrogens with zero attached hydrogens (tertiary/aromatic N) is 1. The zero-order valence-corrected chi connectivity index (χ0v) is 10.3. The van der Waals surface area contributed by atoms with Crippen molar-refractivity contribution in [2.75, 3.05) is 0 Å². The Morgan fingerprint density at radius 1 is 1.23 bits per heavy atom. The van der Waals surface area contributed by atoms with Gasteiger partial charge in [0, 0.05) is 6.42 Å². The van der Waals surface area contributed by atoms with E-state index >= 15 is 0 Å². The lowest BCUT2D eigenvalue weighted by Gasteiger charge is -2.03. The Kier molecular flexibility index (Phi) is 2.72. The van der Waals surface area contributed by atoms with Crippen LogP contribution in [0.3, 0.4) is 0 Å². The number of fused-ring (bicyclic) bond motifs is 3. The molecule has 0 aromatic carbocycles. The lowest BCUT2D eigenvalue weighted by Crippen LogP contribution is -3.00. The molecule has 2 aromatic heterocycles. The van der Waals surface area contributed by atoms with Gasteiger partial charge < -0.3 is 17.0 Å². The number of hydrogen-bond donors (Lipinski definition) is 0. The van der Waals surface area contributed by atoms with Crippen LogP contribution in [0.5, 0.6) is 0 Å². The molecule has 0 amide bonds. The van der Waals surface area contributed by atoms with Crippen LogP contribution in [0, 0.1) is 0 Å². The van der Waals surface area contributed by atoms with E-state index in [0.29, 0.717) is 0 Å². The molecule has 0 saturated heterocycles. The Hall–Kier alpha value is 0.0700. The van der Waals surface area contributed by atoms with Gasteiger partial charge in [0.1, 0.15) is 0 Å². The highest BCUT2D eigenvalue weighted by molar-refractivity contribution is 7.34. The van der Waals surface area contributed by atoms with Gasteiger partial charge in [0.25, 0.3) is 0 Å². The van der Waals surface area contributed by atoms with E-state index < -0.39 is 0 Å². The monoisotopic (exact) mass is 275 g/mol. The Balaban J connectivity index is 0.000000653. The molecule has 0 spiro atoms. The molecule has 2 heterocycles. The maximum atomic E-state index is 2.38. The fourth-order valence-corrected chi connectivity index (χ4v) is 4.16. The van der Waals surface area contributed by atoms with Crippen molar-refractivity contribution in [3.8, 4) is 0 Å². The summed E-state index contributed by atoms with van der Waals surface area (Å²) in [5, 5.41) is 2.18. The second kappa shape index (κ2) is 3.67. The van der Waals surface area contributed by atoms with Gasteiger partial charge in [-0.15, -0.1) is 4.40 Å². The first-order valence-corrected chi connectivity index (χ1v) is 6.04. The third-order valence-electron chi connectivity index (χ3n) is 2.47. The average molecular weight is 276 g/mol. The Labute approximate surface area is 95.8 Å². The number of halogens is 1. The highest BCUT2D eigenvalue weighted by Crippen LogP contribution is 2.27. The molecular weight excluding hydrogens is 266 g/mol. The van der Waals surface area contributed by atoms with Crippen molar-refractivity contribution in [1.82, 2.24) is 0 Å². The molecule has 0 aliphatic heterocycles. The first-order valence-electron chi connectivity index (χ1n) is 4.34. The molecule has 3 rings (SSSR count). The lowest BCUT2D eigenvalue weighted by molar-refractivity contribution is -0.513. The Bertz CT molecular complexity index is 418. The van der Waals surface area contributed by atoms with Crippen LogP contribution in [-0.4, -0.2) is 0 Å². The normalized spacial score (nSPS) is 15.4. The van der Waals surface area contributed by atoms with Crippen LogP contribution in [0.4, 0.5) is 0 Å². The summed E-state index contributed by atoms with van der Waals surface area (Å²) in [5.41, 5.74) is 1.59. The van der Waals surface area contributed by atoms with Gasteiger partial charge in [-0.25, -0.2) is 0 Å². The second-order valence-corrected chi connectivity index (χ2v) is 5.45. The first-order chi connectivity index (χ1) is 5.95. The molecule has 13 heavy (non-hydrogen) atoms. The maximum absolute atomic E-state index is 2.38. The molecule has 70 valence electrons. The predicted molar refractivity (Wildman–Crippen MR) is 52.0 cm³/mol. The molecular formula is C9H10BrNS2. The fraction of sp³-hybridized carbons (Fsp3) is 0.444. The van der Waals surface area contributed by atoms with E-state index in [1.54, 1.807) is 10.6 Å². The van der Waals surface area contributed by atoms with E-state index in [9.17, 15) is 0 Å². The Morgan fingerprint density at radius 2 is 2.08 bits per heavy atom. The summed E-state index contributed by atoms with van der Waals surface area (Å²) >= 11 is 3.85. The van der Waals surface area contributed by atoms with Crippen LogP contribution in [0.15, 0.2) is 11.6 Å². The number of aryl methyl sites for hydroxylation is 2. The fourth-order valence-electron chi connectivity index (χ4n) is 1.87. The molecule has 0 unspecified atom stereocenters. The molecule has 1 aliphatic carbocycles. The van der Waals surface area contributed by atoms with E-state index in [1.165, 1.54) is 29.8 Å². The predicted octanol–water partition coefficient (Wildman–Crippen LogP) is -0.569. The van der Waals surface area contributed by atoms with E-state index in [0.717, 1.165) is 0 Å². The van der Waals surface area contributed by atoms with Crippen molar-refractivity contribution in [2.45, 2.75) is 25.7 Å². The molecule has 0 radical (unpaired) electrons. The molecule has 0 atom stereocenters. The van der Waals surface area contributed by atoms with E-state index in [1.807, 2.05) is 22.7 Å². The van der Waals surface area contributed by atoms with Crippen LogP contribution in [-0.2, 0) is 12.8 Å². The second-order valence-electron chi connectivity index (χ2n) is 3.22. The highest BCUT2D eigenvalue weighted by Gasteiger charge is 2.23. The summed E-state index contributed by atoms with van der Waals surface area (Å²) < 4.78 is 3.84. The SMILES string of the molecule is [Br-].c1c[n+]2c3c(sc2s1)CCCC3. The molecule has 1 aliphatic rings. The summed E-state index contributed by atoms with van der Waals surface area (Å²) in [5.74, 6) is 0. The maximum Gasteiger partial charge on any atom is 0.325 e. The zero-order valence-electron chi connectivity index (χ0n) is 7.12. The zero-order chi connectivity index (χ0) is 7.97. The van der Waals surface area contributed by atoms with Crippen molar-refractivity contribution < 1.29 is 21.4 Å². The van der Waals surface area contributed by atoms with Gasteiger partial charge in [0.05, 0.1) is 10.3 Å². The van der Waals surface area contributed by atoms with Crippen LogP contribution < -0.4 is 21.4 Å². The van der Waals surface area contributed by atoms with Crippen LogP contribution in [0.2, 0.25) is 0 Å². The minimum Gasteiger partial charge on any atom is -1.00 e. The summed E-state index contributed by atoms with van der Waals surface area (Å²) in [6.07, 6.45) is 7.58. The van der Waals surface area contributed by atoms with Crippen molar-refractivity contribution in [3.63, 3.8) is 0 Å². The molecule has 0 bridgehead atoms. The first kappa shape index (κ1) is 9.62. The molecule has 2 aromatic rings. The van der Waals surface area contributed by atoms with Gasteiger partial charge >= 0.3 is 4.14 Å². The minimum atomic E-state index is 0. The number of rotatable bonds is 0. The smallest absolute Gasteiger partial charge is 0.325 e. The van der Waals surface area contributed by atoms with Crippen LogP contribution in [0.25, 0.3) is 4.14 Å². The van der Waals surface area contributed by atoms with Crippen molar-refractivity contribution in [3.05, 3.63) is 22.1 Å². The molecule has 0 saturated carbocycles. The molecule has 0 fully saturated rings. The third-order valence-corrected chi connectivity index (χ3v) is 4.72. The van der Waals surface area contributed by atoms with E-state index in [4.69, 9.17) is 0 Å². The third kappa shape index (κ3) is 1.45. The van der Waals surface area contributed by atoms with Gasteiger partial charge in [-0.1, -0.05) is 22.7 Å². The van der Waals surface area contributed by atoms with Crippen LogP contribution in [0.1, 0.15) is 23.4 Å². The molecule has 4 heteroatoms. The average Bonchev–Trinajstić information content (AvgIpc) is 2.62. The quantitative estimate of drug-likeness (QED) is 0.568. The largest absolute Gasteiger partial charge is 1.00 e. The summed E-state index contributed by atoms with van der Waals surface area (Å²) in [6.45, 7) is 0. The number of thiazole rings is 2. The highest BCUT2D eigenvalue weighted by atomic mass is 79.9. The number of hydrogen-bond acceptors (Lipinski definition) is 2. The van der Waals surface area contributed by atoms with Gasteiger partial charge in [-0.05, 0) is 19.3 Å². The standard InChI is InChI=1S/C9H10NS2.BrH/c1-2-4-8-7(3-1)10-5-6-11-9(10)12-8;/h5-6H,1-4H2;1H/q+1;/p-1. The van der Waals surface area contributed by atoms with Crippen LogP contribution >= 0.6 is 22.7 Å². The van der Waals surface area contributed by atoms with Crippen molar-refractivity contribution in [2.24, 2.45) is 0 Å². The molecule has 1 nitrogen and oxygen atoms in total. The van der Waals surface area contributed by atoms with Gasteiger partial charge in [-0.3, -0.25) is 0 Å². The van der Waals surface area contributed by atoms with Crippen molar-refractivity contribution in [1.29, 1.82) is 0 Å². The number of aromatic nitrogens is 1. The summed E-state index contributed by atoms with van der Waals surface area (Å²) in [6, 6.07) is 0. The topological polar surface area (TPSA) is 4.10 Å². The van der Waals surface area contributed by atoms with E-state index in [2.05, 4.69) is 16.0 Å². The summed E-state index contributed by atoms with van der Waals surface area (Å²) in [7, 11) is 0. The Morgan fingerprint density at radius 3 is 3.00 bits per heavy atom. The van der Waals surface area contributed by atoms with Gasteiger partial charge in [0.15, 0.2) is 6.20 Å².